The van der Waals surface area contributed by atoms with Gasteiger partial charge in [-0.05, 0) is 43.9 Å². The van der Waals surface area contributed by atoms with Crippen LogP contribution >= 0.6 is 0 Å². The number of anilines is 2. The molecule has 1 aliphatic heterocycles. The highest BCUT2D eigenvalue weighted by Gasteiger charge is 2.26. The van der Waals surface area contributed by atoms with Gasteiger partial charge in [0.15, 0.2) is 0 Å². The molecule has 0 spiro atoms. The van der Waals surface area contributed by atoms with E-state index in [9.17, 15) is 4.79 Å². The number of amides is 1. The summed E-state index contributed by atoms with van der Waals surface area (Å²) >= 11 is 0. The predicted molar refractivity (Wildman–Crippen MR) is 84.1 cm³/mol. The number of nitrogens with two attached hydrogens (primary N) is 1. The van der Waals surface area contributed by atoms with Crippen molar-refractivity contribution < 1.29 is 4.79 Å². The van der Waals surface area contributed by atoms with Gasteiger partial charge in [-0.3, -0.25) is 4.79 Å². The summed E-state index contributed by atoms with van der Waals surface area (Å²) in [6.07, 6.45) is 2.44. The van der Waals surface area contributed by atoms with Crippen LogP contribution in [-0.2, 0) is 0 Å². The van der Waals surface area contributed by atoms with Gasteiger partial charge in [-0.25, -0.2) is 0 Å². The maximum atomic E-state index is 12.1. The third-order valence-electron chi connectivity index (χ3n) is 4.37. The lowest BCUT2D eigenvalue weighted by Crippen LogP contribution is -2.42. The Bertz CT molecular complexity index is 498. The Morgan fingerprint density at radius 3 is 2.70 bits per heavy atom. The van der Waals surface area contributed by atoms with Crippen LogP contribution in [0.25, 0.3) is 0 Å². The van der Waals surface area contributed by atoms with Gasteiger partial charge in [0.25, 0.3) is 5.91 Å². The Hall–Kier alpha value is -1.71. The van der Waals surface area contributed by atoms with Crippen LogP contribution in [-0.4, -0.2) is 37.5 Å². The Balaban J connectivity index is 2.35. The first-order valence-electron chi connectivity index (χ1n) is 7.29. The summed E-state index contributed by atoms with van der Waals surface area (Å²) in [6, 6.07) is 6.04. The molecule has 0 radical (unpaired) electrons. The lowest BCUT2D eigenvalue weighted by atomic mass is 9.91. The van der Waals surface area contributed by atoms with Gasteiger partial charge >= 0.3 is 0 Å². The van der Waals surface area contributed by atoms with E-state index in [1.165, 1.54) is 12.8 Å². The lowest BCUT2D eigenvalue weighted by molar-refractivity contribution is 0.0827. The fourth-order valence-electron chi connectivity index (χ4n) is 2.86. The van der Waals surface area contributed by atoms with E-state index in [1.54, 1.807) is 25.1 Å². The van der Waals surface area contributed by atoms with E-state index >= 15 is 0 Å². The molecule has 0 bridgehead atoms. The maximum absolute atomic E-state index is 12.1. The van der Waals surface area contributed by atoms with Gasteiger partial charge in [-0.15, -0.1) is 0 Å². The number of nitrogen functional groups attached to an aromatic ring is 1. The smallest absolute Gasteiger partial charge is 0.253 e. The van der Waals surface area contributed by atoms with E-state index in [0.717, 1.165) is 17.9 Å². The minimum absolute atomic E-state index is 0.0176. The molecule has 2 unspecified atom stereocenters. The molecular formula is C16H25N3O. The molecule has 110 valence electrons. The Morgan fingerprint density at radius 2 is 2.05 bits per heavy atom. The topological polar surface area (TPSA) is 49.6 Å². The highest BCUT2D eigenvalue weighted by atomic mass is 16.2. The minimum Gasteiger partial charge on any atom is -0.397 e. The number of piperidine rings is 1. The van der Waals surface area contributed by atoms with Gasteiger partial charge in [-0.1, -0.05) is 6.92 Å². The van der Waals surface area contributed by atoms with Crippen LogP contribution in [0.15, 0.2) is 18.2 Å². The number of carbonyl (C=O) groups excluding carboxylic acids is 1. The SMILES string of the molecule is CC1CCCN(c2cc(C(=O)N(C)C)ccc2N)C1C. The summed E-state index contributed by atoms with van der Waals surface area (Å²) in [5, 5.41) is 0. The van der Waals surface area contributed by atoms with E-state index in [4.69, 9.17) is 5.73 Å². The van der Waals surface area contributed by atoms with Gasteiger partial charge in [-0.2, -0.15) is 0 Å². The second-order valence-corrected chi connectivity index (χ2v) is 6.03. The number of carbonyl (C=O) groups is 1. The van der Waals surface area contributed by atoms with Gasteiger partial charge in [0, 0.05) is 32.2 Å². The molecule has 0 aromatic heterocycles. The van der Waals surface area contributed by atoms with Crippen LogP contribution in [0, 0.1) is 5.92 Å². The molecule has 0 saturated carbocycles. The number of benzene rings is 1. The van der Waals surface area contributed by atoms with Crippen molar-refractivity contribution in [2.75, 3.05) is 31.3 Å². The van der Waals surface area contributed by atoms with Crippen LogP contribution in [0.1, 0.15) is 37.0 Å². The molecule has 1 amide bonds. The Morgan fingerprint density at radius 1 is 1.35 bits per heavy atom. The largest absolute Gasteiger partial charge is 0.397 e. The first-order chi connectivity index (χ1) is 9.41. The normalized spacial score (nSPS) is 22.7. The van der Waals surface area contributed by atoms with E-state index < -0.39 is 0 Å². The molecule has 1 aliphatic rings. The predicted octanol–water partition coefficient (Wildman–Crippen LogP) is 2.60. The molecule has 1 aromatic rings. The molecule has 4 nitrogen and oxygen atoms in total. The van der Waals surface area contributed by atoms with Crippen LogP contribution in [0.5, 0.6) is 0 Å². The van der Waals surface area contributed by atoms with Crippen LogP contribution in [0.3, 0.4) is 0 Å². The number of nitrogens with zero attached hydrogens (tertiary/aromatic N) is 2. The average Bonchev–Trinajstić information content (AvgIpc) is 2.42. The second kappa shape index (κ2) is 5.73. The molecule has 1 fully saturated rings. The van der Waals surface area contributed by atoms with Crippen molar-refractivity contribution in [3.63, 3.8) is 0 Å². The van der Waals surface area contributed by atoms with E-state index in [-0.39, 0.29) is 5.91 Å². The molecule has 2 rings (SSSR count). The molecule has 2 N–H and O–H groups in total. The van der Waals surface area contributed by atoms with Crippen molar-refractivity contribution in [2.24, 2.45) is 5.92 Å². The summed E-state index contributed by atoms with van der Waals surface area (Å²) in [5.41, 5.74) is 8.58. The van der Waals surface area contributed by atoms with Crippen molar-refractivity contribution in [1.29, 1.82) is 0 Å². The molecule has 20 heavy (non-hydrogen) atoms. The molecule has 1 heterocycles. The van der Waals surface area contributed by atoms with Crippen molar-refractivity contribution in [2.45, 2.75) is 32.7 Å². The number of rotatable bonds is 2. The third-order valence-corrected chi connectivity index (χ3v) is 4.37. The molecule has 0 aliphatic carbocycles. The van der Waals surface area contributed by atoms with E-state index in [0.29, 0.717) is 17.5 Å². The fourth-order valence-corrected chi connectivity index (χ4v) is 2.86. The first-order valence-corrected chi connectivity index (χ1v) is 7.29. The highest BCUT2D eigenvalue weighted by molar-refractivity contribution is 5.96. The van der Waals surface area contributed by atoms with Crippen molar-refractivity contribution in [3.8, 4) is 0 Å². The molecule has 1 aromatic carbocycles. The summed E-state index contributed by atoms with van der Waals surface area (Å²) in [4.78, 5) is 16.0. The zero-order valence-corrected chi connectivity index (χ0v) is 12.9. The van der Waals surface area contributed by atoms with Crippen LogP contribution in [0.4, 0.5) is 11.4 Å². The summed E-state index contributed by atoms with van der Waals surface area (Å²) in [5.74, 6) is 0.667. The van der Waals surface area contributed by atoms with Crippen LogP contribution < -0.4 is 10.6 Å². The first kappa shape index (κ1) is 14.7. The van der Waals surface area contributed by atoms with Crippen molar-refractivity contribution in [1.82, 2.24) is 4.90 Å². The molecular weight excluding hydrogens is 250 g/mol. The number of hydrogen-bond acceptors (Lipinski definition) is 3. The van der Waals surface area contributed by atoms with Crippen molar-refractivity contribution in [3.05, 3.63) is 23.8 Å². The third kappa shape index (κ3) is 2.74. The molecule has 1 saturated heterocycles. The van der Waals surface area contributed by atoms with Gasteiger partial charge < -0.3 is 15.5 Å². The standard InChI is InChI=1S/C16H25N3O/c1-11-6-5-9-19(12(11)2)15-10-13(7-8-14(15)17)16(20)18(3)4/h7-8,10-12H,5-6,9,17H2,1-4H3. The van der Waals surface area contributed by atoms with Gasteiger partial charge in [0.05, 0.1) is 11.4 Å². The van der Waals surface area contributed by atoms with Gasteiger partial charge in [0.1, 0.15) is 0 Å². The number of hydrogen-bond donors (Lipinski definition) is 1. The summed E-state index contributed by atoms with van der Waals surface area (Å²) in [6.45, 7) is 5.53. The highest BCUT2D eigenvalue weighted by Crippen LogP contribution is 2.33. The zero-order chi connectivity index (χ0) is 14.9. The summed E-state index contributed by atoms with van der Waals surface area (Å²) < 4.78 is 0. The van der Waals surface area contributed by atoms with Crippen LogP contribution in [0.2, 0.25) is 0 Å². The Kier molecular flexibility index (Phi) is 4.21. The van der Waals surface area contributed by atoms with E-state index in [1.807, 2.05) is 12.1 Å². The monoisotopic (exact) mass is 275 g/mol. The van der Waals surface area contributed by atoms with E-state index in [2.05, 4.69) is 18.7 Å². The quantitative estimate of drug-likeness (QED) is 0.844. The summed E-state index contributed by atoms with van der Waals surface area (Å²) in [7, 11) is 3.54. The Labute approximate surface area is 121 Å². The van der Waals surface area contributed by atoms with Crippen molar-refractivity contribution >= 4 is 17.3 Å². The maximum Gasteiger partial charge on any atom is 0.253 e. The minimum atomic E-state index is 0.0176. The average molecular weight is 275 g/mol. The van der Waals surface area contributed by atoms with Gasteiger partial charge in [0.2, 0.25) is 0 Å². The fraction of sp³-hybridized carbons (Fsp3) is 0.562. The second-order valence-electron chi connectivity index (χ2n) is 6.03. The zero-order valence-electron chi connectivity index (χ0n) is 12.9. The molecule has 2 atom stereocenters. The lowest BCUT2D eigenvalue weighted by Gasteiger charge is -2.40. The molecule has 4 heteroatoms.